The van der Waals surface area contributed by atoms with Gasteiger partial charge in [-0.05, 0) is 13.8 Å². The van der Waals surface area contributed by atoms with Crippen molar-refractivity contribution in [1.29, 1.82) is 0 Å². The van der Waals surface area contributed by atoms with E-state index in [-0.39, 0.29) is 6.29 Å². The normalized spacial score (nSPS) is 37.3. The summed E-state index contributed by atoms with van der Waals surface area (Å²) in [7, 11) is 0. The van der Waals surface area contributed by atoms with Crippen LogP contribution in [0.25, 0.3) is 0 Å². The van der Waals surface area contributed by atoms with E-state index in [1.807, 2.05) is 0 Å². The molecular formula is C12H24O10. The molecule has 1 heterocycles. The molecule has 8 N–H and O–H groups in total. The molecule has 10 nitrogen and oxygen atoms in total. The third kappa shape index (κ3) is 5.83. The van der Waals surface area contributed by atoms with Crippen LogP contribution in [0.3, 0.4) is 0 Å². The number of aldehydes is 1. The van der Waals surface area contributed by atoms with Gasteiger partial charge in [0, 0.05) is 0 Å². The van der Waals surface area contributed by atoms with Crippen LogP contribution in [0, 0.1) is 0 Å². The quantitative estimate of drug-likeness (QED) is 0.233. The lowest BCUT2D eigenvalue weighted by molar-refractivity contribution is -0.277. The third-order valence-electron chi connectivity index (χ3n) is 3.16. The summed E-state index contributed by atoms with van der Waals surface area (Å²) >= 11 is 0. The zero-order chi connectivity index (χ0) is 17.6. The Labute approximate surface area is 126 Å². The number of ether oxygens (including phenoxy) is 1. The lowest BCUT2D eigenvalue weighted by Crippen LogP contribution is -2.56. The van der Waals surface area contributed by atoms with Crippen LogP contribution in [0.2, 0.25) is 0 Å². The summed E-state index contributed by atoms with van der Waals surface area (Å²) in [5.41, 5.74) is 0. The SMILES string of the molecule is C[C@@H](O)[C@@H](O)[C@H](O)[C@@H](O)C=O.C[C@H]1OC(O)[C@H](O)[C@@H](O)[C@@H]1O. The fourth-order valence-corrected chi connectivity index (χ4v) is 1.60. The number of carbonyl (C=O) groups excluding carboxylic acids is 1. The van der Waals surface area contributed by atoms with Crippen molar-refractivity contribution in [2.75, 3.05) is 0 Å². The van der Waals surface area contributed by atoms with E-state index in [2.05, 4.69) is 4.74 Å². The largest absolute Gasteiger partial charge is 0.391 e. The molecule has 10 heteroatoms. The maximum Gasteiger partial charge on any atom is 0.183 e. The first kappa shape index (κ1) is 21.3. The van der Waals surface area contributed by atoms with Crippen molar-refractivity contribution in [1.82, 2.24) is 0 Å². The van der Waals surface area contributed by atoms with E-state index in [1.54, 1.807) is 0 Å². The third-order valence-corrected chi connectivity index (χ3v) is 3.16. The minimum atomic E-state index is -1.65. The first-order chi connectivity index (χ1) is 10.0. The molecule has 9 atom stereocenters. The van der Waals surface area contributed by atoms with Crippen LogP contribution in [0.4, 0.5) is 0 Å². The Morgan fingerprint density at radius 2 is 1.41 bits per heavy atom. The number of carbonyl (C=O) groups is 1. The Balaban J connectivity index is 0.000000401. The van der Waals surface area contributed by atoms with Gasteiger partial charge in [-0.2, -0.15) is 0 Å². The number of hydrogen-bond donors (Lipinski definition) is 8. The average Bonchev–Trinajstić information content (AvgIpc) is 2.49. The lowest BCUT2D eigenvalue weighted by atomic mass is 10.0. The van der Waals surface area contributed by atoms with E-state index in [1.165, 1.54) is 13.8 Å². The molecular weight excluding hydrogens is 304 g/mol. The fraction of sp³-hybridized carbons (Fsp3) is 0.917. The van der Waals surface area contributed by atoms with Crippen LogP contribution in [0.15, 0.2) is 0 Å². The molecule has 0 amide bonds. The molecule has 0 saturated carbocycles. The molecule has 1 fully saturated rings. The molecule has 0 radical (unpaired) electrons. The highest BCUT2D eigenvalue weighted by molar-refractivity contribution is 5.56. The molecule has 0 spiro atoms. The van der Waals surface area contributed by atoms with Gasteiger partial charge in [0.2, 0.25) is 0 Å². The molecule has 22 heavy (non-hydrogen) atoms. The highest BCUT2D eigenvalue weighted by Gasteiger charge is 2.40. The smallest absolute Gasteiger partial charge is 0.183 e. The van der Waals surface area contributed by atoms with Crippen molar-refractivity contribution in [3.05, 3.63) is 0 Å². The van der Waals surface area contributed by atoms with Gasteiger partial charge in [0.25, 0.3) is 0 Å². The number of aliphatic hydroxyl groups excluding tert-OH is 8. The van der Waals surface area contributed by atoms with Crippen molar-refractivity contribution in [3.63, 3.8) is 0 Å². The standard InChI is InChI=1S/2C6H12O5/c1-2-3(7)4(8)5(9)6(10)11-2;1-3(8)5(10)6(11)4(9)2-7/h2-10H,1H3;2-6,8-11H,1H3/t2-,3-,4+,5-,6?;3-,4+,5-,6-/m11/s1. The Kier molecular flexibility index (Phi) is 9.15. The molecule has 1 aliphatic rings. The summed E-state index contributed by atoms with van der Waals surface area (Å²) in [6.07, 6.45) is -11.9. The topological polar surface area (TPSA) is 188 Å². The zero-order valence-corrected chi connectivity index (χ0v) is 12.2. The van der Waals surface area contributed by atoms with Crippen molar-refractivity contribution in [2.45, 2.75) is 69.0 Å². The van der Waals surface area contributed by atoms with Crippen molar-refractivity contribution >= 4 is 6.29 Å². The van der Waals surface area contributed by atoms with Gasteiger partial charge in [-0.3, -0.25) is 0 Å². The number of hydrogen-bond acceptors (Lipinski definition) is 10. The molecule has 1 unspecified atom stereocenters. The highest BCUT2D eigenvalue weighted by Crippen LogP contribution is 2.18. The van der Waals surface area contributed by atoms with E-state index < -0.39 is 55.1 Å². The Bertz CT molecular complexity index is 311. The second kappa shape index (κ2) is 9.45. The Morgan fingerprint density at radius 3 is 1.82 bits per heavy atom. The summed E-state index contributed by atoms with van der Waals surface area (Å²) in [5.74, 6) is 0. The predicted molar refractivity (Wildman–Crippen MR) is 70.3 cm³/mol. The first-order valence-corrected chi connectivity index (χ1v) is 6.59. The van der Waals surface area contributed by atoms with Crippen LogP contribution in [0.1, 0.15) is 13.8 Å². The average molecular weight is 328 g/mol. The van der Waals surface area contributed by atoms with Gasteiger partial charge in [0.15, 0.2) is 12.6 Å². The van der Waals surface area contributed by atoms with Gasteiger partial charge in [0.1, 0.15) is 36.6 Å². The summed E-state index contributed by atoms with van der Waals surface area (Å²) in [4.78, 5) is 9.87. The van der Waals surface area contributed by atoms with E-state index in [4.69, 9.17) is 40.9 Å². The summed E-state index contributed by atoms with van der Waals surface area (Å²) < 4.78 is 4.68. The summed E-state index contributed by atoms with van der Waals surface area (Å²) in [6, 6.07) is 0. The van der Waals surface area contributed by atoms with Gasteiger partial charge in [0.05, 0.1) is 12.2 Å². The van der Waals surface area contributed by atoms with Gasteiger partial charge in [-0.25, -0.2) is 0 Å². The molecule has 0 aliphatic carbocycles. The van der Waals surface area contributed by atoms with Crippen LogP contribution in [0.5, 0.6) is 0 Å². The molecule has 132 valence electrons. The van der Waals surface area contributed by atoms with Crippen LogP contribution < -0.4 is 0 Å². The van der Waals surface area contributed by atoms with Crippen LogP contribution in [-0.4, -0.2) is 102 Å². The Hall–Kier alpha value is -0.690. The summed E-state index contributed by atoms with van der Waals surface area (Å²) in [5, 5.41) is 71.1. The maximum atomic E-state index is 9.87. The number of aliphatic hydroxyl groups is 8. The van der Waals surface area contributed by atoms with Crippen LogP contribution >= 0.6 is 0 Å². The fourth-order valence-electron chi connectivity index (χ4n) is 1.60. The van der Waals surface area contributed by atoms with Gasteiger partial charge < -0.3 is 50.4 Å². The van der Waals surface area contributed by atoms with Crippen molar-refractivity contribution < 1.29 is 50.4 Å². The zero-order valence-electron chi connectivity index (χ0n) is 12.2. The minimum Gasteiger partial charge on any atom is -0.391 e. The molecule has 0 aromatic carbocycles. The van der Waals surface area contributed by atoms with Crippen molar-refractivity contribution in [2.24, 2.45) is 0 Å². The Morgan fingerprint density at radius 1 is 0.909 bits per heavy atom. The number of rotatable bonds is 4. The van der Waals surface area contributed by atoms with E-state index in [0.717, 1.165) is 0 Å². The second-order valence-electron chi connectivity index (χ2n) is 5.05. The monoisotopic (exact) mass is 328 g/mol. The second-order valence-corrected chi connectivity index (χ2v) is 5.05. The van der Waals surface area contributed by atoms with E-state index >= 15 is 0 Å². The molecule has 0 aromatic rings. The molecule has 0 aromatic heterocycles. The molecule has 0 bridgehead atoms. The summed E-state index contributed by atoms with van der Waals surface area (Å²) in [6.45, 7) is 2.74. The maximum absolute atomic E-state index is 9.87. The molecule has 1 rings (SSSR count). The van der Waals surface area contributed by atoms with Crippen LogP contribution in [-0.2, 0) is 9.53 Å². The predicted octanol–water partition coefficient (Wildman–Crippen LogP) is -4.54. The molecule has 1 saturated heterocycles. The van der Waals surface area contributed by atoms with Gasteiger partial charge in [-0.1, -0.05) is 0 Å². The van der Waals surface area contributed by atoms with Crippen molar-refractivity contribution in [3.8, 4) is 0 Å². The van der Waals surface area contributed by atoms with Gasteiger partial charge >= 0.3 is 0 Å². The highest BCUT2D eigenvalue weighted by atomic mass is 16.6. The van der Waals surface area contributed by atoms with Gasteiger partial charge in [-0.15, -0.1) is 0 Å². The van der Waals surface area contributed by atoms with E-state index in [0.29, 0.717) is 0 Å². The lowest BCUT2D eigenvalue weighted by Gasteiger charge is -2.36. The van der Waals surface area contributed by atoms with E-state index in [9.17, 15) is 4.79 Å². The minimum absolute atomic E-state index is 0.0935. The first-order valence-electron chi connectivity index (χ1n) is 6.59. The molecule has 1 aliphatic heterocycles.